The average molecular weight is 354 g/mol. The highest BCUT2D eigenvalue weighted by Crippen LogP contribution is 2.18. The van der Waals surface area contributed by atoms with Crippen molar-refractivity contribution in [1.82, 2.24) is 14.6 Å². The summed E-state index contributed by atoms with van der Waals surface area (Å²) in [4.78, 5) is 13.4. The Balaban J connectivity index is 1.89. The molecule has 0 saturated carbocycles. The molecule has 0 aliphatic heterocycles. The van der Waals surface area contributed by atoms with Crippen LogP contribution in [0.15, 0.2) is 53.3 Å². The average Bonchev–Trinajstić information content (AvgIpc) is 3.12. The Bertz CT molecular complexity index is 1130. The topological polar surface area (TPSA) is 47.3 Å². The van der Waals surface area contributed by atoms with Crippen LogP contribution in [-0.4, -0.2) is 14.6 Å². The molecule has 0 amide bonds. The molecule has 2 heterocycles. The number of hydrogen-bond acceptors (Lipinski definition) is 4. The van der Waals surface area contributed by atoms with Gasteiger partial charge in [-0.1, -0.05) is 64.9 Å². The van der Waals surface area contributed by atoms with Crippen LogP contribution in [0.4, 0.5) is 0 Å². The number of nitrogens with zero attached hydrogens (tertiary/aromatic N) is 3. The lowest BCUT2D eigenvalue weighted by atomic mass is 10.1. The molecular weight excluding hydrogens is 342 g/mol. The Labute approximate surface area is 146 Å². The Morgan fingerprint density at radius 1 is 1.04 bits per heavy atom. The Morgan fingerprint density at radius 3 is 2.46 bits per heavy atom. The van der Waals surface area contributed by atoms with Gasteiger partial charge in [0.15, 0.2) is 5.82 Å². The second-order valence-corrected chi connectivity index (χ2v) is 6.92. The maximum absolute atomic E-state index is 12.8. The third-order valence-corrected chi connectivity index (χ3v) is 4.94. The van der Waals surface area contributed by atoms with E-state index >= 15 is 0 Å². The summed E-state index contributed by atoms with van der Waals surface area (Å²) >= 11 is 7.23. The minimum absolute atomic E-state index is 0.106. The van der Waals surface area contributed by atoms with Crippen molar-refractivity contribution in [2.45, 2.75) is 6.92 Å². The first-order chi connectivity index (χ1) is 11.6. The number of aromatic nitrogens is 3. The number of aryl methyl sites for hydroxylation is 1. The molecule has 0 N–H and O–H groups in total. The third kappa shape index (κ3) is 2.62. The lowest BCUT2D eigenvalue weighted by molar-refractivity contribution is 1.09. The normalized spacial score (nSPS) is 12.2. The summed E-state index contributed by atoms with van der Waals surface area (Å²) in [5.41, 5.74) is 2.85. The van der Waals surface area contributed by atoms with Crippen LogP contribution in [0, 0.1) is 6.92 Å². The van der Waals surface area contributed by atoms with Gasteiger partial charge in [0.25, 0.3) is 5.56 Å². The molecule has 118 valence electrons. The third-order valence-electron chi connectivity index (χ3n) is 3.73. The number of rotatable bonds is 2. The molecule has 0 aliphatic carbocycles. The quantitative estimate of drug-likeness (QED) is 0.555. The minimum atomic E-state index is -0.106. The maximum Gasteiger partial charge on any atom is 0.276 e. The van der Waals surface area contributed by atoms with Crippen molar-refractivity contribution in [3.05, 3.63) is 79.6 Å². The van der Waals surface area contributed by atoms with Crippen LogP contribution in [0.1, 0.15) is 11.1 Å². The van der Waals surface area contributed by atoms with E-state index in [0.29, 0.717) is 20.3 Å². The van der Waals surface area contributed by atoms with Crippen LogP contribution in [-0.2, 0) is 0 Å². The van der Waals surface area contributed by atoms with Gasteiger partial charge in [0.05, 0.1) is 4.53 Å². The summed E-state index contributed by atoms with van der Waals surface area (Å²) in [5, 5.41) is 8.98. The molecule has 0 saturated heterocycles. The second-order valence-electron chi connectivity index (χ2n) is 5.47. The maximum atomic E-state index is 12.8. The van der Waals surface area contributed by atoms with E-state index in [1.54, 1.807) is 16.5 Å². The van der Waals surface area contributed by atoms with Crippen molar-refractivity contribution in [1.29, 1.82) is 0 Å². The first-order valence-electron chi connectivity index (χ1n) is 7.34. The molecule has 0 bridgehead atoms. The van der Waals surface area contributed by atoms with Gasteiger partial charge >= 0.3 is 0 Å². The minimum Gasteiger partial charge on any atom is -0.267 e. The van der Waals surface area contributed by atoms with Crippen molar-refractivity contribution in [2.24, 2.45) is 0 Å². The van der Waals surface area contributed by atoms with Gasteiger partial charge < -0.3 is 0 Å². The van der Waals surface area contributed by atoms with E-state index in [1.807, 2.05) is 49.4 Å². The van der Waals surface area contributed by atoms with E-state index in [2.05, 4.69) is 10.2 Å². The standard InChI is InChI=1S/C18H12ClN3OS/c1-11-2-6-13(7-3-11)16-20-21-18-22(16)17(23)15(24-18)10-12-4-8-14(19)9-5-12/h2-10H,1H3/b15-10-. The Kier molecular flexibility index (Phi) is 3.67. The fourth-order valence-corrected chi connectivity index (χ4v) is 3.50. The van der Waals surface area contributed by atoms with Gasteiger partial charge in [0, 0.05) is 10.6 Å². The predicted octanol–water partition coefficient (Wildman–Crippen LogP) is 3.33. The van der Waals surface area contributed by atoms with Crippen molar-refractivity contribution in [3.63, 3.8) is 0 Å². The van der Waals surface area contributed by atoms with Crippen molar-refractivity contribution in [2.75, 3.05) is 0 Å². The highest BCUT2D eigenvalue weighted by atomic mass is 35.5. The zero-order valence-electron chi connectivity index (χ0n) is 12.7. The van der Waals surface area contributed by atoms with Gasteiger partial charge in [-0.15, -0.1) is 10.2 Å². The second kappa shape index (κ2) is 5.85. The molecule has 4 aromatic rings. The molecule has 0 atom stereocenters. The van der Waals surface area contributed by atoms with Crippen molar-refractivity contribution >= 4 is 34.0 Å². The molecule has 4 nitrogen and oxygen atoms in total. The zero-order valence-corrected chi connectivity index (χ0v) is 14.3. The van der Waals surface area contributed by atoms with Crippen LogP contribution >= 0.6 is 22.9 Å². The molecule has 4 rings (SSSR count). The number of thiazole rings is 1. The number of halogens is 1. The summed E-state index contributed by atoms with van der Waals surface area (Å²) in [6, 6.07) is 15.2. The summed E-state index contributed by atoms with van der Waals surface area (Å²) in [7, 11) is 0. The van der Waals surface area contributed by atoms with Gasteiger partial charge in [-0.3, -0.25) is 4.79 Å². The molecular formula is C18H12ClN3OS. The van der Waals surface area contributed by atoms with E-state index in [-0.39, 0.29) is 5.56 Å². The molecule has 24 heavy (non-hydrogen) atoms. The van der Waals surface area contributed by atoms with Gasteiger partial charge in [-0.05, 0) is 30.7 Å². The largest absolute Gasteiger partial charge is 0.276 e. The van der Waals surface area contributed by atoms with Crippen molar-refractivity contribution < 1.29 is 0 Å². The molecule has 0 aliphatic rings. The molecule has 0 spiro atoms. The SMILES string of the molecule is Cc1ccc(-c2nnc3s/c(=C\c4ccc(Cl)cc4)c(=O)n23)cc1. The van der Waals surface area contributed by atoms with Crippen molar-refractivity contribution in [3.8, 4) is 11.4 Å². The smallest absolute Gasteiger partial charge is 0.267 e. The lowest BCUT2D eigenvalue weighted by Crippen LogP contribution is -2.23. The highest BCUT2D eigenvalue weighted by Gasteiger charge is 2.13. The van der Waals surface area contributed by atoms with E-state index in [0.717, 1.165) is 16.7 Å². The number of benzene rings is 2. The van der Waals surface area contributed by atoms with E-state index in [4.69, 9.17) is 11.6 Å². The molecule has 0 fully saturated rings. The molecule has 2 aromatic carbocycles. The first-order valence-corrected chi connectivity index (χ1v) is 8.53. The summed E-state index contributed by atoms with van der Waals surface area (Å²) in [6.45, 7) is 2.02. The van der Waals surface area contributed by atoms with E-state index in [9.17, 15) is 4.79 Å². The predicted molar refractivity (Wildman–Crippen MR) is 97.5 cm³/mol. The first kappa shape index (κ1) is 15.1. The number of fused-ring (bicyclic) bond motifs is 1. The fraction of sp³-hybridized carbons (Fsp3) is 0.0556. The van der Waals surface area contributed by atoms with Gasteiger partial charge in [-0.25, -0.2) is 4.40 Å². The van der Waals surface area contributed by atoms with Gasteiger partial charge in [0.1, 0.15) is 0 Å². The molecule has 6 heteroatoms. The van der Waals surface area contributed by atoms with E-state index < -0.39 is 0 Å². The van der Waals surface area contributed by atoms with Crippen LogP contribution in [0.5, 0.6) is 0 Å². The van der Waals surface area contributed by atoms with Gasteiger partial charge in [-0.2, -0.15) is 0 Å². The number of hydrogen-bond donors (Lipinski definition) is 0. The highest BCUT2D eigenvalue weighted by molar-refractivity contribution is 7.15. The van der Waals surface area contributed by atoms with Crippen LogP contribution < -0.4 is 10.1 Å². The fourth-order valence-electron chi connectivity index (χ4n) is 2.46. The van der Waals surface area contributed by atoms with E-state index in [1.165, 1.54) is 11.3 Å². The molecule has 2 aromatic heterocycles. The van der Waals surface area contributed by atoms with Crippen LogP contribution in [0.2, 0.25) is 5.02 Å². The summed E-state index contributed by atoms with van der Waals surface area (Å²) < 4.78 is 2.19. The summed E-state index contributed by atoms with van der Waals surface area (Å²) in [6.07, 6.45) is 1.84. The summed E-state index contributed by atoms with van der Waals surface area (Å²) in [5.74, 6) is 0.571. The monoisotopic (exact) mass is 353 g/mol. The zero-order chi connectivity index (χ0) is 16.7. The van der Waals surface area contributed by atoms with Crippen LogP contribution in [0.25, 0.3) is 22.4 Å². The lowest BCUT2D eigenvalue weighted by Gasteiger charge is -1.97. The molecule has 0 unspecified atom stereocenters. The van der Waals surface area contributed by atoms with Crippen LogP contribution in [0.3, 0.4) is 0 Å². The van der Waals surface area contributed by atoms with Gasteiger partial charge in [0.2, 0.25) is 4.96 Å². The Morgan fingerprint density at radius 2 is 1.75 bits per heavy atom. The Hall–Kier alpha value is -2.50. The molecule has 0 radical (unpaired) electrons.